The highest BCUT2D eigenvalue weighted by molar-refractivity contribution is 6.76. The van der Waals surface area contributed by atoms with E-state index in [9.17, 15) is 5.26 Å². The molecule has 0 bridgehead atoms. The second-order valence-corrected chi connectivity index (χ2v) is 18.0. The summed E-state index contributed by atoms with van der Waals surface area (Å²) in [5.41, 5.74) is 5.08. The molecule has 9 heteroatoms. The fraction of sp³-hybridized carbons (Fsp3) is 0.562. The molecule has 0 radical (unpaired) electrons. The Morgan fingerprint density at radius 2 is 1.76 bits per heavy atom. The second-order valence-electron chi connectivity index (χ2n) is 12.4. The minimum absolute atomic E-state index is 0.0649. The van der Waals surface area contributed by atoms with Gasteiger partial charge < -0.3 is 23.8 Å². The number of piperidine rings is 1. The van der Waals surface area contributed by atoms with Gasteiger partial charge in [0.15, 0.2) is 12.0 Å². The number of anilines is 1. The molecule has 41 heavy (non-hydrogen) atoms. The van der Waals surface area contributed by atoms with Gasteiger partial charge in [-0.15, -0.1) is 0 Å². The zero-order chi connectivity index (χ0) is 28.8. The molecule has 0 amide bonds. The number of aromatic nitrogens is 2. The first kappa shape index (κ1) is 29.6. The second kappa shape index (κ2) is 13.4. The Morgan fingerprint density at radius 1 is 1.02 bits per heavy atom. The Bertz CT molecular complexity index is 1330. The molecule has 0 unspecified atom stereocenters. The first-order chi connectivity index (χ1) is 19.8. The molecule has 2 aliphatic heterocycles. The summed E-state index contributed by atoms with van der Waals surface area (Å²) in [5.74, 6) is 1.43. The summed E-state index contributed by atoms with van der Waals surface area (Å²) in [6.07, 6.45) is 3.86. The topological polar surface area (TPSA) is 81.8 Å². The van der Waals surface area contributed by atoms with Crippen LogP contribution in [0.1, 0.15) is 48.4 Å². The summed E-state index contributed by atoms with van der Waals surface area (Å²) in [4.78, 5) is 2.45. The molecule has 5 rings (SSSR count). The Morgan fingerprint density at radius 3 is 2.44 bits per heavy atom. The maximum atomic E-state index is 9.84. The normalized spacial score (nSPS) is 16.9. The van der Waals surface area contributed by atoms with Gasteiger partial charge in [0.05, 0.1) is 31.0 Å². The molecule has 2 aromatic carbocycles. The van der Waals surface area contributed by atoms with Crippen LogP contribution in [-0.2, 0) is 20.9 Å². The smallest absolute Gasteiger partial charge is 0.170 e. The lowest BCUT2D eigenvalue weighted by Crippen LogP contribution is -2.33. The molecule has 0 aliphatic carbocycles. The third kappa shape index (κ3) is 7.49. The third-order valence-corrected chi connectivity index (χ3v) is 9.83. The van der Waals surface area contributed by atoms with Crippen LogP contribution >= 0.6 is 0 Å². The molecule has 1 aromatic heterocycles. The van der Waals surface area contributed by atoms with Crippen molar-refractivity contribution in [3.63, 3.8) is 0 Å². The Labute approximate surface area is 245 Å². The minimum atomic E-state index is -1.18. The summed E-state index contributed by atoms with van der Waals surface area (Å²) in [6, 6.07) is 16.4. The highest BCUT2D eigenvalue weighted by Crippen LogP contribution is 2.36. The van der Waals surface area contributed by atoms with Crippen LogP contribution in [0.2, 0.25) is 25.7 Å². The van der Waals surface area contributed by atoms with Gasteiger partial charge >= 0.3 is 0 Å². The molecule has 2 fully saturated rings. The van der Waals surface area contributed by atoms with Crippen molar-refractivity contribution in [1.82, 2.24) is 9.78 Å². The van der Waals surface area contributed by atoms with Gasteiger partial charge in [0.1, 0.15) is 18.5 Å². The number of nitriles is 1. The van der Waals surface area contributed by atoms with Crippen LogP contribution in [0.25, 0.3) is 10.9 Å². The van der Waals surface area contributed by atoms with E-state index in [-0.39, 0.29) is 6.29 Å². The van der Waals surface area contributed by atoms with E-state index in [1.807, 2.05) is 4.68 Å². The minimum Gasteiger partial charge on any atom is -0.494 e. The predicted molar refractivity (Wildman–Crippen MR) is 164 cm³/mol. The molecule has 220 valence electrons. The Kier molecular flexibility index (Phi) is 9.66. The standard InChI is InChI=1S/C32H44N4O4Si/c1-24-7-12-29(32-31(24)28(22-33)34-36(32)23-37-20-21-41(2,3)4)35-15-13-26(14-16-35)25-8-10-27(11-9-25)38-17-5-6-30-39-18-19-40-30/h7-12,26,30H,5-6,13-21,23H2,1-4H3. The lowest BCUT2D eigenvalue weighted by molar-refractivity contribution is -0.0492. The van der Waals surface area contributed by atoms with Crippen LogP contribution in [0.3, 0.4) is 0 Å². The number of nitrogens with zero attached hydrogens (tertiary/aromatic N) is 4. The van der Waals surface area contributed by atoms with Gasteiger partial charge in [0.25, 0.3) is 0 Å². The van der Waals surface area contributed by atoms with Gasteiger partial charge in [-0.25, -0.2) is 4.68 Å². The Balaban J connectivity index is 1.20. The molecular formula is C32H44N4O4Si. The van der Waals surface area contributed by atoms with Crippen LogP contribution in [0.15, 0.2) is 36.4 Å². The predicted octanol–water partition coefficient (Wildman–Crippen LogP) is 6.44. The largest absolute Gasteiger partial charge is 0.494 e. The average molecular weight is 577 g/mol. The number of ether oxygens (including phenoxy) is 4. The number of fused-ring (bicyclic) bond motifs is 1. The van der Waals surface area contributed by atoms with Crippen LogP contribution in [0.5, 0.6) is 5.75 Å². The van der Waals surface area contributed by atoms with Crippen molar-refractivity contribution in [2.24, 2.45) is 0 Å². The van der Waals surface area contributed by atoms with E-state index in [0.717, 1.165) is 79.3 Å². The van der Waals surface area contributed by atoms with Crippen molar-refractivity contribution in [3.05, 3.63) is 53.2 Å². The van der Waals surface area contributed by atoms with E-state index in [1.165, 1.54) is 5.56 Å². The van der Waals surface area contributed by atoms with Gasteiger partial charge in [-0.2, -0.15) is 10.4 Å². The maximum Gasteiger partial charge on any atom is 0.170 e. The highest BCUT2D eigenvalue weighted by Gasteiger charge is 2.25. The number of aryl methyl sites for hydroxylation is 1. The van der Waals surface area contributed by atoms with Crippen LogP contribution in [-0.4, -0.2) is 63.7 Å². The molecular weight excluding hydrogens is 532 g/mol. The van der Waals surface area contributed by atoms with Crippen LogP contribution < -0.4 is 9.64 Å². The lowest BCUT2D eigenvalue weighted by Gasteiger charge is -2.34. The van der Waals surface area contributed by atoms with Crippen molar-refractivity contribution in [3.8, 4) is 11.8 Å². The summed E-state index contributed by atoms with van der Waals surface area (Å²) < 4.78 is 24.9. The quantitative estimate of drug-likeness (QED) is 0.181. The molecule has 3 aromatic rings. The number of benzene rings is 2. The van der Waals surface area contributed by atoms with E-state index < -0.39 is 8.07 Å². The summed E-state index contributed by atoms with van der Waals surface area (Å²) in [6.45, 7) is 14.2. The van der Waals surface area contributed by atoms with Gasteiger partial charge in [0, 0.05) is 39.6 Å². The molecule has 0 atom stereocenters. The zero-order valence-electron chi connectivity index (χ0n) is 25.0. The molecule has 0 saturated carbocycles. The van der Waals surface area contributed by atoms with E-state index in [4.69, 9.17) is 18.9 Å². The highest BCUT2D eigenvalue weighted by atomic mass is 28.3. The monoisotopic (exact) mass is 576 g/mol. The summed E-state index contributed by atoms with van der Waals surface area (Å²) >= 11 is 0. The Hall–Kier alpha value is -2.90. The van der Waals surface area contributed by atoms with E-state index in [1.54, 1.807) is 0 Å². The van der Waals surface area contributed by atoms with Gasteiger partial charge in [-0.3, -0.25) is 0 Å². The molecule has 8 nitrogen and oxygen atoms in total. The first-order valence-electron chi connectivity index (χ1n) is 15.0. The van der Waals surface area contributed by atoms with Crippen molar-refractivity contribution in [1.29, 1.82) is 5.26 Å². The van der Waals surface area contributed by atoms with Gasteiger partial charge in [0.2, 0.25) is 0 Å². The van der Waals surface area contributed by atoms with Crippen molar-refractivity contribution < 1.29 is 18.9 Å². The van der Waals surface area contributed by atoms with E-state index >= 15 is 0 Å². The molecule has 2 aliphatic rings. The zero-order valence-corrected chi connectivity index (χ0v) is 26.0. The summed E-state index contributed by atoms with van der Waals surface area (Å²) in [7, 11) is -1.18. The van der Waals surface area contributed by atoms with Crippen molar-refractivity contribution >= 4 is 24.7 Å². The van der Waals surface area contributed by atoms with E-state index in [2.05, 4.69) is 79.0 Å². The molecule has 0 N–H and O–H groups in total. The first-order valence-corrected chi connectivity index (χ1v) is 18.7. The van der Waals surface area contributed by atoms with Crippen molar-refractivity contribution in [2.45, 2.75) is 77.2 Å². The van der Waals surface area contributed by atoms with Crippen LogP contribution in [0, 0.1) is 18.3 Å². The summed E-state index contributed by atoms with van der Waals surface area (Å²) in [5, 5.41) is 15.5. The van der Waals surface area contributed by atoms with E-state index in [0.29, 0.717) is 38.2 Å². The van der Waals surface area contributed by atoms with Crippen LogP contribution in [0.4, 0.5) is 5.69 Å². The number of hydrogen-bond acceptors (Lipinski definition) is 7. The SMILES string of the molecule is Cc1ccc(N2CCC(c3ccc(OCCCC4OCCO4)cc3)CC2)c2c1c(C#N)nn2COCC[Si](C)(C)C. The molecule has 0 spiro atoms. The van der Waals surface area contributed by atoms with Gasteiger partial charge in [-0.05, 0) is 67.5 Å². The molecule has 2 saturated heterocycles. The third-order valence-electron chi connectivity index (χ3n) is 8.13. The van der Waals surface area contributed by atoms with Crippen molar-refractivity contribution in [2.75, 3.05) is 44.4 Å². The number of rotatable bonds is 12. The molecule has 3 heterocycles. The average Bonchev–Trinajstić information content (AvgIpc) is 3.62. The fourth-order valence-electron chi connectivity index (χ4n) is 5.72. The van der Waals surface area contributed by atoms with Gasteiger partial charge in [-0.1, -0.05) is 37.8 Å². The fourth-order valence-corrected chi connectivity index (χ4v) is 6.48. The lowest BCUT2D eigenvalue weighted by atomic mass is 9.89. The maximum absolute atomic E-state index is 9.84. The number of hydrogen-bond donors (Lipinski definition) is 0.